The number of nitrogens with zero attached hydrogens (tertiary/aromatic N) is 1. The number of hydrogen-bond donors (Lipinski definition) is 1. The van der Waals surface area contributed by atoms with E-state index in [4.69, 9.17) is 4.74 Å². The van der Waals surface area contributed by atoms with E-state index in [0.717, 1.165) is 0 Å². The van der Waals surface area contributed by atoms with Crippen molar-refractivity contribution in [1.82, 2.24) is 9.97 Å². The molecule has 0 spiro atoms. The van der Waals surface area contributed by atoms with Gasteiger partial charge >= 0.3 is 0 Å². The fourth-order valence-corrected chi connectivity index (χ4v) is 1.26. The van der Waals surface area contributed by atoms with Gasteiger partial charge in [0.25, 0.3) is 5.56 Å². The van der Waals surface area contributed by atoms with Gasteiger partial charge in [0.1, 0.15) is 5.39 Å². The van der Waals surface area contributed by atoms with Crippen LogP contribution < -0.4 is 10.3 Å². The molecule has 1 N–H and O–H groups in total. The lowest BCUT2D eigenvalue weighted by Gasteiger charge is -2.02. The van der Waals surface area contributed by atoms with Crippen LogP contribution in [-0.2, 0) is 0 Å². The summed E-state index contributed by atoms with van der Waals surface area (Å²) >= 11 is 0. The highest BCUT2D eigenvalue weighted by atomic mass is 19.1. The number of nitrogens with one attached hydrogen (secondary N) is 1. The smallest absolute Gasteiger partial charge is 0.261 e. The molecule has 4 nitrogen and oxygen atoms in total. The van der Waals surface area contributed by atoms with Crippen molar-refractivity contribution in [2.45, 2.75) is 0 Å². The Morgan fingerprint density at radius 1 is 1.50 bits per heavy atom. The predicted octanol–water partition coefficient (Wildman–Crippen LogP) is 1.07. The number of H-pyrrole nitrogens is 1. The minimum absolute atomic E-state index is 0.0380. The van der Waals surface area contributed by atoms with Crippen molar-refractivity contribution in [1.29, 1.82) is 0 Å². The second kappa shape index (κ2) is 3.10. The zero-order chi connectivity index (χ0) is 10.1. The van der Waals surface area contributed by atoms with Gasteiger partial charge in [-0.15, -0.1) is 0 Å². The minimum atomic E-state index is -0.681. The number of benzene rings is 1. The van der Waals surface area contributed by atoms with Crippen molar-refractivity contribution in [2.75, 3.05) is 7.11 Å². The summed E-state index contributed by atoms with van der Waals surface area (Å²) in [5.74, 6) is -0.643. The van der Waals surface area contributed by atoms with Gasteiger partial charge in [-0.1, -0.05) is 0 Å². The molecule has 0 atom stereocenters. The van der Waals surface area contributed by atoms with Crippen molar-refractivity contribution in [3.05, 3.63) is 34.6 Å². The maximum Gasteiger partial charge on any atom is 0.261 e. The lowest BCUT2D eigenvalue weighted by Crippen LogP contribution is -2.08. The molecule has 1 heterocycles. The molecule has 0 saturated heterocycles. The summed E-state index contributed by atoms with van der Waals surface area (Å²) in [6, 6.07) is 2.97. The topological polar surface area (TPSA) is 55.0 Å². The van der Waals surface area contributed by atoms with Crippen LogP contribution in [0.25, 0.3) is 10.9 Å². The molecule has 0 saturated carbocycles. The number of rotatable bonds is 1. The van der Waals surface area contributed by atoms with E-state index in [2.05, 4.69) is 9.97 Å². The van der Waals surface area contributed by atoms with E-state index in [0.29, 0.717) is 5.52 Å². The standard InChI is InChI=1S/C9H7FN2O2/c1-14-6-3-2-5-7(8(6)10)9(13)12-4-11-5/h2-4H,1H3,(H,11,12,13). The number of hydrogen-bond acceptors (Lipinski definition) is 3. The number of aromatic nitrogens is 2. The first-order valence-electron chi connectivity index (χ1n) is 3.94. The summed E-state index contributed by atoms with van der Waals surface area (Å²) in [6.45, 7) is 0. The summed E-state index contributed by atoms with van der Waals surface area (Å²) in [7, 11) is 1.34. The second-order valence-electron chi connectivity index (χ2n) is 2.71. The molecule has 0 amide bonds. The highest BCUT2D eigenvalue weighted by Gasteiger charge is 2.10. The Bertz CT molecular complexity index is 536. The van der Waals surface area contributed by atoms with Crippen LogP contribution in [0, 0.1) is 5.82 Å². The van der Waals surface area contributed by atoms with E-state index >= 15 is 0 Å². The van der Waals surface area contributed by atoms with Crippen LogP contribution in [0.1, 0.15) is 0 Å². The normalized spacial score (nSPS) is 10.4. The highest BCUT2D eigenvalue weighted by molar-refractivity contribution is 5.79. The maximum atomic E-state index is 13.5. The van der Waals surface area contributed by atoms with Crippen LogP contribution in [0.3, 0.4) is 0 Å². The molecule has 0 aliphatic carbocycles. The van der Waals surface area contributed by atoms with Crippen LogP contribution in [-0.4, -0.2) is 17.1 Å². The van der Waals surface area contributed by atoms with Crippen LogP contribution in [0.2, 0.25) is 0 Å². The molecule has 14 heavy (non-hydrogen) atoms. The summed E-state index contributed by atoms with van der Waals surface area (Å²) in [4.78, 5) is 17.4. The van der Waals surface area contributed by atoms with E-state index in [-0.39, 0.29) is 11.1 Å². The van der Waals surface area contributed by atoms with Crippen LogP contribution >= 0.6 is 0 Å². The minimum Gasteiger partial charge on any atom is -0.494 e. The van der Waals surface area contributed by atoms with Gasteiger partial charge in [0, 0.05) is 0 Å². The molecular formula is C9H7FN2O2. The molecule has 0 unspecified atom stereocenters. The maximum absolute atomic E-state index is 13.5. The number of ether oxygens (including phenoxy) is 1. The van der Waals surface area contributed by atoms with E-state index in [9.17, 15) is 9.18 Å². The Hall–Kier alpha value is -1.91. The predicted molar refractivity (Wildman–Crippen MR) is 48.9 cm³/mol. The van der Waals surface area contributed by atoms with E-state index in [1.807, 2.05) is 0 Å². The fourth-order valence-electron chi connectivity index (χ4n) is 1.26. The number of aromatic amines is 1. The number of halogens is 1. The second-order valence-corrected chi connectivity index (χ2v) is 2.71. The molecule has 2 aromatic rings. The van der Waals surface area contributed by atoms with E-state index < -0.39 is 11.4 Å². The number of fused-ring (bicyclic) bond motifs is 1. The molecule has 0 aliphatic heterocycles. The Morgan fingerprint density at radius 2 is 2.29 bits per heavy atom. The summed E-state index contributed by atoms with van der Waals surface area (Å²) in [5, 5.41) is -0.0770. The van der Waals surface area contributed by atoms with Gasteiger partial charge in [-0.25, -0.2) is 9.37 Å². The Balaban J connectivity index is 2.94. The molecule has 2 rings (SSSR count). The lowest BCUT2D eigenvalue weighted by atomic mass is 10.2. The summed E-state index contributed by atoms with van der Waals surface area (Å²) < 4.78 is 18.3. The first-order valence-corrected chi connectivity index (χ1v) is 3.94. The average Bonchev–Trinajstić information content (AvgIpc) is 2.18. The third-order valence-electron chi connectivity index (χ3n) is 1.93. The van der Waals surface area contributed by atoms with Crippen LogP contribution in [0.5, 0.6) is 5.75 Å². The number of methoxy groups -OCH3 is 1. The Morgan fingerprint density at radius 3 is 3.00 bits per heavy atom. The summed E-state index contributed by atoms with van der Waals surface area (Å²) in [6.07, 6.45) is 1.23. The van der Waals surface area contributed by atoms with E-state index in [1.165, 1.54) is 25.6 Å². The Labute approximate surface area is 78.4 Å². The average molecular weight is 194 g/mol. The van der Waals surface area contributed by atoms with Crippen molar-refractivity contribution >= 4 is 10.9 Å². The first-order chi connectivity index (χ1) is 6.74. The van der Waals surface area contributed by atoms with Crippen molar-refractivity contribution in [3.8, 4) is 5.75 Å². The van der Waals surface area contributed by atoms with Gasteiger partial charge in [0.05, 0.1) is 19.0 Å². The zero-order valence-electron chi connectivity index (χ0n) is 7.37. The lowest BCUT2D eigenvalue weighted by molar-refractivity contribution is 0.389. The van der Waals surface area contributed by atoms with Gasteiger partial charge in [0.15, 0.2) is 11.6 Å². The molecule has 1 aromatic heterocycles. The highest BCUT2D eigenvalue weighted by Crippen LogP contribution is 2.21. The van der Waals surface area contributed by atoms with Crippen molar-refractivity contribution in [2.24, 2.45) is 0 Å². The Kier molecular flexibility index (Phi) is 1.92. The van der Waals surface area contributed by atoms with Gasteiger partial charge in [0.2, 0.25) is 0 Å². The third-order valence-corrected chi connectivity index (χ3v) is 1.93. The monoisotopic (exact) mass is 194 g/mol. The van der Waals surface area contributed by atoms with Gasteiger partial charge in [-0.05, 0) is 12.1 Å². The summed E-state index contributed by atoms with van der Waals surface area (Å²) in [5.41, 5.74) is -0.196. The zero-order valence-corrected chi connectivity index (χ0v) is 7.37. The third kappa shape index (κ3) is 1.14. The molecule has 0 bridgehead atoms. The molecule has 5 heteroatoms. The van der Waals surface area contributed by atoms with Gasteiger partial charge in [-0.3, -0.25) is 4.79 Å². The quantitative estimate of drug-likeness (QED) is 0.738. The molecule has 0 fully saturated rings. The van der Waals surface area contributed by atoms with Crippen molar-refractivity contribution in [3.63, 3.8) is 0 Å². The van der Waals surface area contributed by atoms with E-state index in [1.54, 1.807) is 0 Å². The molecule has 72 valence electrons. The van der Waals surface area contributed by atoms with Crippen molar-refractivity contribution < 1.29 is 9.13 Å². The molecule has 0 aliphatic rings. The van der Waals surface area contributed by atoms with Crippen LogP contribution in [0.15, 0.2) is 23.3 Å². The first kappa shape index (κ1) is 8.68. The largest absolute Gasteiger partial charge is 0.494 e. The molecular weight excluding hydrogens is 187 g/mol. The molecule has 1 aromatic carbocycles. The fraction of sp³-hybridized carbons (Fsp3) is 0.111. The molecule has 0 radical (unpaired) electrons. The van der Waals surface area contributed by atoms with Crippen LogP contribution in [0.4, 0.5) is 4.39 Å². The van der Waals surface area contributed by atoms with Gasteiger partial charge < -0.3 is 9.72 Å². The van der Waals surface area contributed by atoms with Gasteiger partial charge in [-0.2, -0.15) is 0 Å². The SMILES string of the molecule is COc1ccc2nc[nH]c(=O)c2c1F.